The first kappa shape index (κ1) is 22.1. The van der Waals surface area contributed by atoms with E-state index < -0.39 is 17.3 Å². The summed E-state index contributed by atoms with van der Waals surface area (Å²) in [6, 6.07) is 17.0. The summed E-state index contributed by atoms with van der Waals surface area (Å²) < 4.78 is 4.72. The van der Waals surface area contributed by atoms with Gasteiger partial charge in [0.25, 0.3) is 5.91 Å². The van der Waals surface area contributed by atoms with E-state index in [-0.39, 0.29) is 23.7 Å². The number of fused-ring (bicyclic) bond motifs is 1. The molecule has 2 N–H and O–H groups in total. The van der Waals surface area contributed by atoms with Gasteiger partial charge in [0.05, 0.1) is 12.5 Å². The highest BCUT2D eigenvalue weighted by Crippen LogP contribution is 2.35. The van der Waals surface area contributed by atoms with Crippen molar-refractivity contribution in [3.63, 3.8) is 0 Å². The Labute approximate surface area is 184 Å². The minimum atomic E-state index is -0.960. The molecule has 1 amide bonds. The summed E-state index contributed by atoms with van der Waals surface area (Å²) in [6.45, 7) is 3.23. The molecule has 1 heterocycles. The molecule has 0 radical (unpaired) electrons. The van der Waals surface area contributed by atoms with Gasteiger partial charge in [0.15, 0.2) is 11.4 Å². The number of nitriles is 1. The molecule has 2 aromatic carbocycles. The number of rotatable bonds is 6. The number of hydrogen-bond acceptors (Lipinski definition) is 7. The second-order valence-electron chi connectivity index (χ2n) is 7.45. The Bertz CT molecular complexity index is 1190. The van der Waals surface area contributed by atoms with Gasteiger partial charge in [-0.2, -0.15) is 5.26 Å². The van der Waals surface area contributed by atoms with Crippen LogP contribution in [0.2, 0.25) is 0 Å². The lowest BCUT2D eigenvalue weighted by Crippen LogP contribution is -2.39. The predicted molar refractivity (Wildman–Crippen MR) is 117 cm³/mol. The van der Waals surface area contributed by atoms with Gasteiger partial charge in [-0.25, -0.2) is 4.98 Å². The third-order valence-electron chi connectivity index (χ3n) is 4.68. The quantitative estimate of drug-likeness (QED) is 0.565. The molecule has 3 rings (SSSR count). The highest BCUT2D eigenvalue weighted by atomic mass is 32.2. The van der Waals surface area contributed by atoms with Crippen LogP contribution in [0.5, 0.6) is 5.75 Å². The Morgan fingerprint density at radius 1 is 1.16 bits per heavy atom. The molecule has 0 bridgehead atoms. The van der Waals surface area contributed by atoms with Crippen molar-refractivity contribution in [2.45, 2.75) is 23.6 Å². The Kier molecular flexibility index (Phi) is 6.47. The number of carbonyl (C=O) groups excluding carboxylic acids is 2. The third-order valence-corrected chi connectivity index (χ3v) is 5.68. The standard InChI is InChI=1S/C23H21N3O4S/c1-23(2,22(29)30-3)13-25-21(28)19-20(27)16-10-9-15(11-17(16)18(12-24)26-19)31-14-7-5-4-6-8-14/h4-11,27H,13H2,1-3H3,(H,25,28). The third kappa shape index (κ3) is 4.78. The number of amides is 1. The van der Waals surface area contributed by atoms with Crippen LogP contribution in [0.25, 0.3) is 10.8 Å². The largest absolute Gasteiger partial charge is 0.505 e. The zero-order valence-electron chi connectivity index (χ0n) is 17.3. The fourth-order valence-electron chi connectivity index (χ4n) is 2.94. The molecule has 0 aliphatic heterocycles. The second-order valence-corrected chi connectivity index (χ2v) is 8.60. The van der Waals surface area contributed by atoms with Crippen LogP contribution in [0, 0.1) is 16.7 Å². The fourth-order valence-corrected chi connectivity index (χ4v) is 3.82. The number of ether oxygens (including phenoxy) is 1. The lowest BCUT2D eigenvalue weighted by molar-refractivity contribution is -0.150. The first-order chi connectivity index (χ1) is 14.8. The van der Waals surface area contributed by atoms with Crippen LogP contribution in [0.1, 0.15) is 30.0 Å². The Morgan fingerprint density at radius 2 is 1.87 bits per heavy atom. The minimum Gasteiger partial charge on any atom is -0.505 e. The molecule has 0 unspecified atom stereocenters. The first-order valence-electron chi connectivity index (χ1n) is 9.43. The van der Waals surface area contributed by atoms with Crippen LogP contribution in [-0.4, -0.2) is 35.6 Å². The van der Waals surface area contributed by atoms with Crippen LogP contribution < -0.4 is 5.32 Å². The predicted octanol–water partition coefficient (Wildman–Crippen LogP) is 3.89. The number of pyridine rings is 1. The molecule has 1 aromatic heterocycles. The van der Waals surface area contributed by atoms with Crippen LogP contribution in [0.15, 0.2) is 58.3 Å². The molecule has 0 saturated heterocycles. The number of aromatic nitrogens is 1. The SMILES string of the molecule is COC(=O)C(C)(C)CNC(=O)c1nc(C#N)c2cc(Sc3ccccc3)ccc2c1O. The monoisotopic (exact) mass is 435 g/mol. The van der Waals surface area contributed by atoms with E-state index in [1.165, 1.54) is 18.9 Å². The molecular weight excluding hydrogens is 414 g/mol. The van der Waals surface area contributed by atoms with Crippen molar-refractivity contribution < 1.29 is 19.4 Å². The molecule has 31 heavy (non-hydrogen) atoms. The number of esters is 1. The smallest absolute Gasteiger partial charge is 0.313 e. The molecule has 0 fully saturated rings. The summed E-state index contributed by atoms with van der Waals surface area (Å²) in [7, 11) is 1.27. The normalized spacial score (nSPS) is 11.0. The molecule has 0 saturated carbocycles. The topological polar surface area (TPSA) is 112 Å². The maximum absolute atomic E-state index is 12.6. The van der Waals surface area contributed by atoms with Crippen molar-refractivity contribution in [1.82, 2.24) is 10.3 Å². The Hall–Kier alpha value is -3.57. The molecule has 0 aliphatic carbocycles. The van der Waals surface area contributed by atoms with Gasteiger partial charge in [0, 0.05) is 27.1 Å². The number of carbonyl (C=O) groups is 2. The average molecular weight is 436 g/mol. The van der Waals surface area contributed by atoms with E-state index in [0.717, 1.165) is 9.79 Å². The van der Waals surface area contributed by atoms with E-state index in [0.29, 0.717) is 10.8 Å². The van der Waals surface area contributed by atoms with Gasteiger partial charge in [-0.15, -0.1) is 0 Å². The molecule has 158 valence electrons. The summed E-state index contributed by atoms with van der Waals surface area (Å²) in [4.78, 5) is 30.4. The minimum absolute atomic E-state index is 0.0216. The zero-order valence-corrected chi connectivity index (χ0v) is 18.1. The molecule has 0 aliphatic rings. The number of nitrogens with zero attached hydrogens (tertiary/aromatic N) is 2. The van der Waals surface area contributed by atoms with Gasteiger partial charge < -0.3 is 15.2 Å². The van der Waals surface area contributed by atoms with Gasteiger partial charge in [-0.05, 0) is 44.2 Å². The van der Waals surface area contributed by atoms with E-state index in [2.05, 4.69) is 10.3 Å². The van der Waals surface area contributed by atoms with E-state index in [4.69, 9.17) is 4.74 Å². The molecule has 8 heteroatoms. The maximum atomic E-state index is 12.6. The fraction of sp³-hybridized carbons (Fsp3) is 0.217. The Morgan fingerprint density at radius 3 is 2.52 bits per heavy atom. The lowest BCUT2D eigenvalue weighted by atomic mass is 9.93. The number of aromatic hydroxyl groups is 1. The van der Waals surface area contributed by atoms with Gasteiger partial charge in [0.1, 0.15) is 11.8 Å². The summed E-state index contributed by atoms with van der Waals surface area (Å²) in [5.74, 6) is -1.49. The first-order valence-corrected chi connectivity index (χ1v) is 10.2. The van der Waals surface area contributed by atoms with Crippen LogP contribution in [0.3, 0.4) is 0 Å². The Balaban J connectivity index is 1.93. The summed E-state index contributed by atoms with van der Waals surface area (Å²) in [5.41, 5.74) is -1.20. The lowest BCUT2D eigenvalue weighted by Gasteiger charge is -2.21. The summed E-state index contributed by atoms with van der Waals surface area (Å²) in [6.07, 6.45) is 0. The van der Waals surface area contributed by atoms with Crippen molar-refractivity contribution in [3.05, 3.63) is 59.9 Å². The number of methoxy groups -OCH3 is 1. The molecule has 3 aromatic rings. The average Bonchev–Trinajstić information content (AvgIpc) is 2.78. The second kappa shape index (κ2) is 9.06. The van der Waals surface area contributed by atoms with Crippen molar-refractivity contribution in [2.24, 2.45) is 5.41 Å². The van der Waals surface area contributed by atoms with E-state index in [1.807, 2.05) is 42.5 Å². The van der Waals surface area contributed by atoms with Crippen LogP contribution >= 0.6 is 11.8 Å². The number of benzene rings is 2. The zero-order chi connectivity index (χ0) is 22.6. The van der Waals surface area contributed by atoms with Crippen LogP contribution in [-0.2, 0) is 9.53 Å². The van der Waals surface area contributed by atoms with Crippen molar-refractivity contribution in [2.75, 3.05) is 13.7 Å². The van der Waals surface area contributed by atoms with Crippen molar-refractivity contribution in [1.29, 1.82) is 5.26 Å². The molecule has 0 atom stereocenters. The highest BCUT2D eigenvalue weighted by Gasteiger charge is 2.30. The molecular formula is C23H21N3O4S. The molecule has 0 spiro atoms. The highest BCUT2D eigenvalue weighted by molar-refractivity contribution is 7.99. The number of hydrogen-bond donors (Lipinski definition) is 2. The summed E-state index contributed by atoms with van der Waals surface area (Å²) >= 11 is 1.51. The van der Waals surface area contributed by atoms with Gasteiger partial charge in [-0.1, -0.05) is 30.0 Å². The van der Waals surface area contributed by atoms with Gasteiger partial charge in [-0.3, -0.25) is 9.59 Å². The van der Waals surface area contributed by atoms with Gasteiger partial charge >= 0.3 is 5.97 Å². The number of nitrogens with one attached hydrogen (secondary N) is 1. The summed E-state index contributed by atoms with van der Waals surface area (Å²) in [5, 5.41) is 23.6. The maximum Gasteiger partial charge on any atom is 0.313 e. The van der Waals surface area contributed by atoms with E-state index >= 15 is 0 Å². The van der Waals surface area contributed by atoms with Crippen LogP contribution in [0.4, 0.5) is 0 Å². The van der Waals surface area contributed by atoms with E-state index in [9.17, 15) is 20.0 Å². The molecule has 7 nitrogen and oxygen atoms in total. The van der Waals surface area contributed by atoms with Crippen molar-refractivity contribution >= 4 is 34.4 Å². The van der Waals surface area contributed by atoms with E-state index in [1.54, 1.807) is 26.0 Å². The van der Waals surface area contributed by atoms with Gasteiger partial charge in [0.2, 0.25) is 0 Å². The van der Waals surface area contributed by atoms with Crippen molar-refractivity contribution in [3.8, 4) is 11.8 Å².